The highest BCUT2D eigenvalue weighted by atomic mass is 16.6. The molecule has 0 bridgehead atoms. The molecule has 0 radical (unpaired) electrons. The van der Waals surface area contributed by atoms with Crippen molar-refractivity contribution >= 4 is 28.8 Å². The Morgan fingerprint density at radius 2 is 1.32 bits per heavy atom. The summed E-state index contributed by atoms with van der Waals surface area (Å²) in [7, 11) is 1.62. The van der Waals surface area contributed by atoms with Gasteiger partial charge >= 0.3 is 11.8 Å². The SMILES string of the molecule is CN(C(=O)OC(C)(C)C)c1cccc(-n2c(=O)n(-c3ncc(Oc4ccccc4)cn3)c3c(N(Cc4ccccc4)Cc4ccccc4)ncnc32)c1. The van der Waals surface area contributed by atoms with E-state index in [4.69, 9.17) is 14.5 Å². The molecule has 3 aromatic heterocycles. The van der Waals surface area contributed by atoms with Gasteiger partial charge in [0.05, 0.1) is 18.1 Å². The van der Waals surface area contributed by atoms with Crippen LogP contribution in [0.4, 0.5) is 16.3 Å². The van der Waals surface area contributed by atoms with Crippen molar-refractivity contribution in [2.24, 2.45) is 0 Å². The Hall–Kier alpha value is -6.82. The number of ether oxygens (including phenoxy) is 2. The summed E-state index contributed by atoms with van der Waals surface area (Å²) in [4.78, 5) is 50.0. The number of imidazole rings is 1. The second kappa shape index (κ2) is 14.8. The molecule has 7 rings (SSSR count). The average Bonchev–Trinajstić information content (AvgIpc) is 3.47. The number of anilines is 2. The van der Waals surface area contributed by atoms with Crippen LogP contribution in [0.15, 0.2) is 139 Å². The lowest BCUT2D eigenvalue weighted by molar-refractivity contribution is 0.0589. The lowest BCUT2D eigenvalue weighted by Crippen LogP contribution is -2.34. The molecule has 0 unspecified atom stereocenters. The molecule has 0 atom stereocenters. The van der Waals surface area contributed by atoms with Gasteiger partial charge in [0.2, 0.25) is 5.95 Å². The fourth-order valence-corrected chi connectivity index (χ4v) is 5.85. The van der Waals surface area contributed by atoms with E-state index in [0.29, 0.717) is 52.9 Å². The highest BCUT2D eigenvalue weighted by molar-refractivity contribution is 5.89. The molecule has 53 heavy (non-hydrogen) atoms. The van der Waals surface area contributed by atoms with Crippen LogP contribution in [0.2, 0.25) is 0 Å². The van der Waals surface area contributed by atoms with E-state index in [1.54, 1.807) is 31.3 Å². The van der Waals surface area contributed by atoms with E-state index in [-0.39, 0.29) is 5.95 Å². The van der Waals surface area contributed by atoms with E-state index in [9.17, 15) is 9.59 Å². The fraction of sp³-hybridized carbons (Fsp3) is 0.171. The first-order valence-corrected chi connectivity index (χ1v) is 17.1. The lowest BCUT2D eigenvalue weighted by atomic mass is 10.1. The summed E-state index contributed by atoms with van der Waals surface area (Å²) in [5, 5.41) is 0. The number of fused-ring (bicyclic) bond motifs is 1. The van der Waals surface area contributed by atoms with E-state index < -0.39 is 17.4 Å². The van der Waals surface area contributed by atoms with Gasteiger partial charge in [-0.15, -0.1) is 0 Å². The van der Waals surface area contributed by atoms with Crippen LogP contribution < -0.4 is 20.2 Å². The van der Waals surface area contributed by atoms with Gasteiger partial charge in [-0.05, 0) is 62.2 Å². The van der Waals surface area contributed by atoms with Gasteiger partial charge in [-0.3, -0.25) is 4.90 Å². The van der Waals surface area contributed by atoms with E-state index in [0.717, 1.165) is 11.1 Å². The number of carbonyl (C=O) groups excluding carboxylic acids is 1. The van der Waals surface area contributed by atoms with Crippen LogP contribution in [0, 0.1) is 0 Å². The smallest absolute Gasteiger partial charge is 0.414 e. The van der Waals surface area contributed by atoms with E-state index >= 15 is 0 Å². The molecule has 1 amide bonds. The summed E-state index contributed by atoms with van der Waals surface area (Å²) >= 11 is 0. The number of aromatic nitrogens is 6. The molecule has 7 aromatic rings. The number of benzene rings is 4. The second-order valence-electron chi connectivity index (χ2n) is 13.3. The standard InChI is InChI=1S/C41H38N8O4/c1-41(2,3)53-40(51)46(4)31-19-14-20-32(23-31)48-37-35(49(39(48)50)38-42-24-34(25-43-38)52-33-21-12-7-13-22-33)36(44-28-45-37)47(26-29-15-8-5-9-16-29)27-30-17-10-6-11-18-30/h5-25,28H,26-27H2,1-4H3. The predicted molar refractivity (Wildman–Crippen MR) is 204 cm³/mol. The summed E-state index contributed by atoms with van der Waals surface area (Å²) in [5.41, 5.74) is 2.68. The molecule has 12 nitrogen and oxygen atoms in total. The topological polar surface area (TPSA) is 120 Å². The molecule has 0 aliphatic carbocycles. The molecular formula is C41H38N8O4. The maximum Gasteiger partial charge on any atom is 0.414 e. The van der Waals surface area contributed by atoms with E-state index in [1.807, 2.05) is 87.5 Å². The molecule has 0 N–H and O–H groups in total. The van der Waals surface area contributed by atoms with Crippen LogP contribution in [0.3, 0.4) is 0 Å². The van der Waals surface area contributed by atoms with Crippen molar-refractivity contribution < 1.29 is 14.3 Å². The van der Waals surface area contributed by atoms with Crippen molar-refractivity contribution in [1.29, 1.82) is 0 Å². The highest BCUT2D eigenvalue weighted by Crippen LogP contribution is 2.30. The minimum atomic E-state index is -0.687. The van der Waals surface area contributed by atoms with Gasteiger partial charge < -0.3 is 14.4 Å². The quantitative estimate of drug-likeness (QED) is 0.141. The molecule has 0 saturated carbocycles. The summed E-state index contributed by atoms with van der Waals surface area (Å²) in [5.74, 6) is 1.65. The molecule has 3 heterocycles. The van der Waals surface area contributed by atoms with E-state index in [1.165, 1.54) is 32.8 Å². The summed E-state index contributed by atoms with van der Waals surface area (Å²) < 4.78 is 14.5. The maximum absolute atomic E-state index is 14.8. The number of amides is 1. The number of rotatable bonds is 10. The van der Waals surface area contributed by atoms with Gasteiger partial charge in [-0.25, -0.2) is 38.7 Å². The van der Waals surface area contributed by atoms with Gasteiger partial charge in [0, 0.05) is 25.8 Å². The normalized spacial score (nSPS) is 11.3. The molecular weight excluding hydrogens is 669 g/mol. The Kier molecular flexibility index (Phi) is 9.67. The van der Waals surface area contributed by atoms with Crippen molar-refractivity contribution in [2.45, 2.75) is 39.5 Å². The monoisotopic (exact) mass is 706 g/mol. The Balaban J connectivity index is 1.40. The van der Waals surface area contributed by atoms with Crippen LogP contribution >= 0.6 is 0 Å². The molecule has 266 valence electrons. The van der Waals surface area contributed by atoms with Gasteiger partial charge in [-0.1, -0.05) is 84.9 Å². The predicted octanol–water partition coefficient (Wildman–Crippen LogP) is 7.73. The van der Waals surface area contributed by atoms with Crippen molar-refractivity contribution in [2.75, 3.05) is 16.8 Å². The van der Waals surface area contributed by atoms with Gasteiger partial charge in [0.1, 0.15) is 23.2 Å². The number of nitrogens with zero attached hydrogens (tertiary/aromatic N) is 8. The zero-order valence-corrected chi connectivity index (χ0v) is 29.8. The van der Waals surface area contributed by atoms with Crippen LogP contribution in [0.25, 0.3) is 22.8 Å². The third-order valence-corrected chi connectivity index (χ3v) is 8.27. The number of hydrogen-bond acceptors (Lipinski definition) is 9. The molecule has 4 aromatic carbocycles. The highest BCUT2D eigenvalue weighted by Gasteiger charge is 2.27. The second-order valence-corrected chi connectivity index (χ2v) is 13.3. The third kappa shape index (κ3) is 7.76. The van der Waals surface area contributed by atoms with Gasteiger partial charge in [0.15, 0.2) is 17.2 Å². The molecule has 0 spiro atoms. The summed E-state index contributed by atoms with van der Waals surface area (Å²) in [6.07, 6.45) is 3.97. The fourth-order valence-electron chi connectivity index (χ4n) is 5.85. The lowest BCUT2D eigenvalue weighted by Gasteiger charge is -2.25. The average molecular weight is 707 g/mol. The summed E-state index contributed by atoms with van der Waals surface area (Å²) in [6.45, 7) is 6.40. The third-order valence-electron chi connectivity index (χ3n) is 8.27. The molecule has 0 saturated heterocycles. The first-order valence-electron chi connectivity index (χ1n) is 17.1. The van der Waals surface area contributed by atoms with Crippen LogP contribution in [-0.2, 0) is 17.8 Å². The Morgan fingerprint density at radius 3 is 1.92 bits per heavy atom. The Labute approximate surface area is 306 Å². The number of hydrogen-bond donors (Lipinski definition) is 0. The summed E-state index contributed by atoms with van der Waals surface area (Å²) in [6, 6.07) is 36.5. The number of carbonyl (C=O) groups is 1. The van der Waals surface area contributed by atoms with Crippen molar-refractivity contribution in [3.63, 3.8) is 0 Å². The Morgan fingerprint density at radius 1 is 0.717 bits per heavy atom. The van der Waals surface area contributed by atoms with E-state index in [2.05, 4.69) is 44.1 Å². The Bertz CT molecular complexity index is 2350. The van der Waals surface area contributed by atoms with Gasteiger partial charge in [-0.2, -0.15) is 0 Å². The largest absolute Gasteiger partial charge is 0.454 e. The van der Waals surface area contributed by atoms with Crippen molar-refractivity contribution in [1.82, 2.24) is 29.1 Å². The first-order chi connectivity index (χ1) is 25.6. The molecule has 0 aliphatic heterocycles. The van der Waals surface area contributed by atoms with Crippen LogP contribution in [0.1, 0.15) is 31.9 Å². The van der Waals surface area contributed by atoms with Crippen LogP contribution in [0.5, 0.6) is 11.5 Å². The first kappa shape index (κ1) is 34.6. The molecule has 0 aliphatic rings. The maximum atomic E-state index is 14.8. The van der Waals surface area contributed by atoms with Gasteiger partial charge in [0.25, 0.3) is 0 Å². The minimum Gasteiger partial charge on any atom is -0.454 e. The molecule has 0 fully saturated rings. The van der Waals surface area contributed by atoms with Crippen molar-refractivity contribution in [3.8, 4) is 23.1 Å². The zero-order valence-electron chi connectivity index (χ0n) is 29.8. The number of para-hydroxylation sites is 1. The van der Waals surface area contributed by atoms with Crippen molar-refractivity contribution in [3.05, 3.63) is 156 Å². The minimum absolute atomic E-state index is 0.108. The zero-order chi connectivity index (χ0) is 37.0. The molecule has 12 heteroatoms. The van der Waals surface area contributed by atoms with Crippen LogP contribution in [-0.4, -0.2) is 47.8 Å².